The van der Waals surface area contributed by atoms with Gasteiger partial charge in [-0.1, -0.05) is 44.2 Å². The Balaban J connectivity index is 1.94. The van der Waals surface area contributed by atoms with Crippen LogP contribution in [-0.4, -0.2) is 5.75 Å². The van der Waals surface area contributed by atoms with Crippen LogP contribution in [0.1, 0.15) is 56.2 Å². The average molecular weight is 286 g/mol. The van der Waals surface area contributed by atoms with Crippen LogP contribution < -0.4 is 0 Å². The van der Waals surface area contributed by atoms with Gasteiger partial charge in [0.25, 0.3) is 0 Å². The first-order valence-electron chi connectivity index (χ1n) is 8.03. The van der Waals surface area contributed by atoms with Crippen LogP contribution in [0.5, 0.6) is 0 Å². The zero-order valence-corrected chi connectivity index (χ0v) is 13.7. The molecule has 1 heteroatoms. The first kappa shape index (κ1) is 14.3. The van der Waals surface area contributed by atoms with Crippen LogP contribution in [0.2, 0.25) is 0 Å². The van der Waals surface area contributed by atoms with E-state index in [1.54, 1.807) is 11.1 Å². The molecule has 0 unspecified atom stereocenters. The molecule has 2 atom stereocenters. The van der Waals surface area contributed by atoms with E-state index in [1.165, 1.54) is 49.0 Å². The summed E-state index contributed by atoms with van der Waals surface area (Å²) in [5, 5.41) is 0. The lowest BCUT2D eigenvalue weighted by Gasteiger charge is -2.47. The number of thioether (sulfide) groups is 1. The van der Waals surface area contributed by atoms with E-state index in [9.17, 15) is 0 Å². The second-order valence-corrected chi connectivity index (χ2v) is 7.92. The lowest BCUT2D eigenvalue weighted by molar-refractivity contribution is 0.235. The van der Waals surface area contributed by atoms with Gasteiger partial charge in [-0.2, -0.15) is 11.8 Å². The highest BCUT2D eigenvalue weighted by molar-refractivity contribution is 7.98. The lowest BCUT2D eigenvalue weighted by Crippen LogP contribution is -2.40. The molecular formula is C19H26S. The third-order valence-corrected chi connectivity index (χ3v) is 6.36. The molecule has 3 rings (SSSR count). The molecule has 0 aromatic heterocycles. The van der Waals surface area contributed by atoms with Gasteiger partial charge in [0.15, 0.2) is 0 Å². The summed E-state index contributed by atoms with van der Waals surface area (Å²) in [4.78, 5) is 0. The van der Waals surface area contributed by atoms with E-state index in [0.717, 1.165) is 11.7 Å². The van der Waals surface area contributed by atoms with Gasteiger partial charge in [0.05, 0.1) is 0 Å². The second-order valence-electron chi connectivity index (χ2n) is 6.65. The van der Waals surface area contributed by atoms with E-state index in [1.807, 2.05) is 11.8 Å². The molecule has 1 fully saturated rings. The standard InChI is InChI=1S/C19H26S/c1-4-20-13-15-7-9-18-16(12-15)8-10-17-14(2)6-5-11-19(17,18)3/h7,9,12,17H,2,4-6,8,10-11,13H2,1,3H3/t17-,19-/m0/s1. The summed E-state index contributed by atoms with van der Waals surface area (Å²) >= 11 is 2.02. The van der Waals surface area contributed by atoms with Gasteiger partial charge >= 0.3 is 0 Å². The number of rotatable bonds is 3. The molecule has 1 aromatic rings. The number of benzene rings is 1. The Morgan fingerprint density at radius 3 is 3.00 bits per heavy atom. The van der Waals surface area contributed by atoms with Crippen molar-refractivity contribution in [1.82, 2.24) is 0 Å². The molecule has 0 bridgehead atoms. The summed E-state index contributed by atoms with van der Waals surface area (Å²) in [6.07, 6.45) is 6.47. The van der Waals surface area contributed by atoms with E-state index < -0.39 is 0 Å². The highest BCUT2D eigenvalue weighted by Gasteiger charge is 2.43. The van der Waals surface area contributed by atoms with Crippen LogP contribution >= 0.6 is 11.8 Å². The highest BCUT2D eigenvalue weighted by Crippen LogP contribution is 2.51. The fourth-order valence-corrected chi connectivity index (χ4v) is 4.97. The number of hydrogen-bond acceptors (Lipinski definition) is 1. The highest BCUT2D eigenvalue weighted by atomic mass is 32.2. The topological polar surface area (TPSA) is 0 Å². The molecule has 0 spiro atoms. The zero-order valence-electron chi connectivity index (χ0n) is 12.9. The maximum absolute atomic E-state index is 4.37. The Bertz CT molecular complexity index is 516. The fourth-order valence-electron chi connectivity index (χ4n) is 4.35. The lowest BCUT2D eigenvalue weighted by atomic mass is 9.57. The third-order valence-electron chi connectivity index (χ3n) is 5.42. The molecule has 2 aliphatic rings. The van der Waals surface area contributed by atoms with Gasteiger partial charge in [-0.05, 0) is 65.9 Å². The van der Waals surface area contributed by atoms with E-state index in [4.69, 9.17) is 0 Å². The van der Waals surface area contributed by atoms with Crippen molar-refractivity contribution in [1.29, 1.82) is 0 Å². The van der Waals surface area contributed by atoms with Crippen LogP contribution in [0.4, 0.5) is 0 Å². The van der Waals surface area contributed by atoms with Crippen molar-refractivity contribution in [3.05, 3.63) is 47.0 Å². The Hall–Kier alpha value is -0.690. The average Bonchev–Trinajstić information content (AvgIpc) is 2.44. The molecule has 2 aliphatic carbocycles. The van der Waals surface area contributed by atoms with Crippen molar-refractivity contribution in [2.45, 2.75) is 57.1 Å². The van der Waals surface area contributed by atoms with E-state index in [0.29, 0.717) is 5.41 Å². The van der Waals surface area contributed by atoms with Crippen LogP contribution in [-0.2, 0) is 17.6 Å². The first-order valence-corrected chi connectivity index (χ1v) is 9.18. The third kappa shape index (κ3) is 2.35. The summed E-state index contributed by atoms with van der Waals surface area (Å²) in [7, 11) is 0. The molecule has 108 valence electrons. The summed E-state index contributed by atoms with van der Waals surface area (Å²) in [6.45, 7) is 9.10. The van der Waals surface area contributed by atoms with Crippen LogP contribution in [0.15, 0.2) is 30.4 Å². The molecule has 0 nitrogen and oxygen atoms in total. The quantitative estimate of drug-likeness (QED) is 0.661. The van der Waals surface area contributed by atoms with E-state index in [2.05, 4.69) is 38.6 Å². The Labute approximate surface area is 128 Å². The number of hydrogen-bond donors (Lipinski definition) is 0. The van der Waals surface area contributed by atoms with Gasteiger partial charge in [0.2, 0.25) is 0 Å². The van der Waals surface area contributed by atoms with Crippen molar-refractivity contribution in [3.63, 3.8) is 0 Å². The Kier molecular flexibility index (Phi) is 3.99. The maximum Gasteiger partial charge on any atom is 0.0184 e. The fraction of sp³-hybridized carbons (Fsp3) is 0.579. The smallest absolute Gasteiger partial charge is 0.0184 e. The first-order chi connectivity index (χ1) is 9.65. The molecule has 0 aliphatic heterocycles. The predicted octanol–water partition coefficient (Wildman–Crippen LogP) is 5.50. The normalized spacial score (nSPS) is 28.9. The van der Waals surface area contributed by atoms with Crippen LogP contribution in [0.25, 0.3) is 0 Å². The SMILES string of the molecule is C=C1CCC[C@]2(C)c3ccc(CSCC)cc3CC[C@@H]12. The summed E-state index contributed by atoms with van der Waals surface area (Å²) in [5.41, 5.74) is 6.62. The number of aryl methyl sites for hydroxylation is 1. The molecule has 0 amide bonds. The van der Waals surface area contributed by atoms with Crippen molar-refractivity contribution in [3.8, 4) is 0 Å². The maximum atomic E-state index is 4.37. The molecule has 0 N–H and O–H groups in total. The minimum absolute atomic E-state index is 0.360. The molecule has 0 heterocycles. The minimum Gasteiger partial charge on any atom is -0.157 e. The second kappa shape index (κ2) is 5.60. The Morgan fingerprint density at radius 1 is 1.35 bits per heavy atom. The van der Waals surface area contributed by atoms with E-state index in [-0.39, 0.29) is 0 Å². The van der Waals surface area contributed by atoms with Gasteiger partial charge in [-0.25, -0.2) is 0 Å². The molecular weight excluding hydrogens is 260 g/mol. The largest absolute Gasteiger partial charge is 0.157 e. The van der Waals surface area contributed by atoms with Crippen molar-refractivity contribution in [2.75, 3.05) is 5.75 Å². The van der Waals surface area contributed by atoms with Crippen LogP contribution in [0.3, 0.4) is 0 Å². The molecule has 20 heavy (non-hydrogen) atoms. The molecule has 1 aromatic carbocycles. The zero-order chi connectivity index (χ0) is 14.2. The van der Waals surface area contributed by atoms with Crippen molar-refractivity contribution in [2.24, 2.45) is 5.92 Å². The van der Waals surface area contributed by atoms with E-state index >= 15 is 0 Å². The van der Waals surface area contributed by atoms with Gasteiger partial charge < -0.3 is 0 Å². The minimum atomic E-state index is 0.360. The van der Waals surface area contributed by atoms with Gasteiger partial charge in [0.1, 0.15) is 0 Å². The summed E-state index contributed by atoms with van der Waals surface area (Å²) in [5.74, 6) is 3.09. The monoisotopic (exact) mass is 286 g/mol. The Morgan fingerprint density at radius 2 is 2.20 bits per heavy atom. The van der Waals surface area contributed by atoms with Gasteiger partial charge in [-0.15, -0.1) is 0 Å². The number of allylic oxidation sites excluding steroid dienone is 1. The van der Waals surface area contributed by atoms with Crippen molar-refractivity contribution < 1.29 is 0 Å². The molecule has 0 radical (unpaired) electrons. The molecule has 0 saturated heterocycles. The summed E-state index contributed by atoms with van der Waals surface area (Å²) in [6, 6.07) is 7.29. The predicted molar refractivity (Wildman–Crippen MR) is 90.4 cm³/mol. The van der Waals surface area contributed by atoms with Gasteiger partial charge in [-0.3, -0.25) is 0 Å². The molecule has 1 saturated carbocycles. The number of fused-ring (bicyclic) bond motifs is 3. The van der Waals surface area contributed by atoms with Gasteiger partial charge in [0, 0.05) is 5.75 Å². The van der Waals surface area contributed by atoms with Crippen LogP contribution in [0, 0.1) is 5.92 Å². The van der Waals surface area contributed by atoms with Crippen molar-refractivity contribution >= 4 is 11.8 Å². The summed E-state index contributed by atoms with van der Waals surface area (Å²) < 4.78 is 0.